The first kappa shape index (κ1) is 13.4. The van der Waals surface area contributed by atoms with E-state index in [2.05, 4.69) is 15.0 Å². The third kappa shape index (κ3) is 2.62. The Bertz CT molecular complexity index is 981. The summed E-state index contributed by atoms with van der Waals surface area (Å²) in [6, 6.07) is 19.7. The van der Waals surface area contributed by atoms with Crippen molar-refractivity contribution in [3.8, 4) is 22.4 Å². The Morgan fingerprint density at radius 1 is 0.696 bits per heavy atom. The molecule has 0 fully saturated rings. The Hall–Kier alpha value is -3.27. The van der Waals surface area contributed by atoms with Gasteiger partial charge in [0.05, 0.1) is 11.9 Å². The molecule has 0 aliphatic heterocycles. The minimum absolute atomic E-state index is 0.638. The van der Waals surface area contributed by atoms with E-state index in [4.69, 9.17) is 5.73 Å². The van der Waals surface area contributed by atoms with Crippen LogP contribution in [0.2, 0.25) is 0 Å². The van der Waals surface area contributed by atoms with Gasteiger partial charge < -0.3 is 5.73 Å². The highest BCUT2D eigenvalue weighted by molar-refractivity contribution is 5.79. The van der Waals surface area contributed by atoms with Crippen LogP contribution in [0.1, 0.15) is 0 Å². The van der Waals surface area contributed by atoms with Crippen molar-refractivity contribution in [1.29, 1.82) is 0 Å². The Labute approximate surface area is 133 Å². The number of fused-ring (bicyclic) bond motifs is 1. The minimum atomic E-state index is 0.638. The van der Waals surface area contributed by atoms with Gasteiger partial charge in [-0.05, 0) is 23.8 Å². The summed E-state index contributed by atoms with van der Waals surface area (Å²) in [6.45, 7) is 0. The Kier molecular flexibility index (Phi) is 3.20. The van der Waals surface area contributed by atoms with E-state index >= 15 is 0 Å². The fourth-order valence-corrected chi connectivity index (χ4v) is 2.52. The highest BCUT2D eigenvalue weighted by Gasteiger charge is 2.06. The van der Waals surface area contributed by atoms with Crippen LogP contribution in [-0.4, -0.2) is 15.0 Å². The zero-order chi connectivity index (χ0) is 15.6. The minimum Gasteiger partial charge on any atom is -0.399 e. The summed E-state index contributed by atoms with van der Waals surface area (Å²) >= 11 is 0. The van der Waals surface area contributed by atoms with Gasteiger partial charge in [0.15, 0.2) is 5.65 Å². The maximum atomic E-state index is 5.84. The van der Waals surface area contributed by atoms with E-state index in [0.717, 1.165) is 33.6 Å². The average Bonchev–Trinajstić information content (AvgIpc) is 2.61. The van der Waals surface area contributed by atoms with Crippen molar-refractivity contribution in [2.75, 3.05) is 5.73 Å². The van der Waals surface area contributed by atoms with E-state index in [9.17, 15) is 0 Å². The van der Waals surface area contributed by atoms with Gasteiger partial charge in [0.2, 0.25) is 0 Å². The number of nitrogen functional groups attached to an aromatic ring is 1. The molecule has 4 heteroatoms. The van der Waals surface area contributed by atoms with Crippen LogP contribution >= 0.6 is 0 Å². The molecule has 0 radical (unpaired) electrons. The summed E-state index contributed by atoms with van der Waals surface area (Å²) in [7, 11) is 0. The predicted molar refractivity (Wildman–Crippen MR) is 92.6 cm³/mol. The van der Waals surface area contributed by atoms with Gasteiger partial charge in [0.25, 0.3) is 0 Å². The fraction of sp³-hybridized carbons (Fsp3) is 0. The molecule has 4 nitrogen and oxygen atoms in total. The summed E-state index contributed by atoms with van der Waals surface area (Å²) in [5, 5.41) is 0. The molecule has 23 heavy (non-hydrogen) atoms. The van der Waals surface area contributed by atoms with Gasteiger partial charge in [-0.15, -0.1) is 0 Å². The van der Waals surface area contributed by atoms with Crippen molar-refractivity contribution < 1.29 is 0 Å². The normalized spacial score (nSPS) is 10.8. The molecule has 0 unspecified atom stereocenters. The molecule has 0 saturated carbocycles. The zero-order valence-corrected chi connectivity index (χ0v) is 12.3. The maximum Gasteiger partial charge on any atom is 0.178 e. The molecule has 0 aliphatic rings. The highest BCUT2D eigenvalue weighted by Crippen LogP contribution is 2.24. The van der Waals surface area contributed by atoms with Crippen LogP contribution in [0, 0.1) is 0 Å². The average molecular weight is 298 g/mol. The topological polar surface area (TPSA) is 64.7 Å². The van der Waals surface area contributed by atoms with Crippen LogP contribution < -0.4 is 5.73 Å². The third-order valence-electron chi connectivity index (χ3n) is 3.69. The van der Waals surface area contributed by atoms with Gasteiger partial charge in [-0.25, -0.2) is 9.97 Å². The number of nitrogens with zero attached hydrogens (tertiary/aromatic N) is 3. The molecule has 4 rings (SSSR count). The summed E-state index contributed by atoms with van der Waals surface area (Å²) in [5.41, 5.74) is 11.8. The van der Waals surface area contributed by atoms with E-state index in [1.165, 1.54) is 0 Å². The first-order valence-electron chi connectivity index (χ1n) is 7.34. The molecule has 2 N–H and O–H groups in total. The lowest BCUT2D eigenvalue weighted by Crippen LogP contribution is -1.92. The smallest absolute Gasteiger partial charge is 0.178 e. The number of hydrogen-bond acceptors (Lipinski definition) is 4. The molecule has 0 saturated heterocycles. The van der Waals surface area contributed by atoms with Gasteiger partial charge >= 0.3 is 0 Å². The van der Waals surface area contributed by atoms with Crippen LogP contribution in [0.3, 0.4) is 0 Å². The van der Waals surface area contributed by atoms with Crippen molar-refractivity contribution in [2.24, 2.45) is 0 Å². The van der Waals surface area contributed by atoms with Crippen molar-refractivity contribution in [1.82, 2.24) is 15.0 Å². The molecular weight excluding hydrogens is 284 g/mol. The van der Waals surface area contributed by atoms with E-state index in [-0.39, 0.29) is 0 Å². The number of pyridine rings is 1. The first-order chi connectivity index (χ1) is 11.3. The molecule has 4 aromatic rings. The Morgan fingerprint density at radius 3 is 2.35 bits per heavy atom. The molecule has 0 amide bonds. The second kappa shape index (κ2) is 5.50. The summed E-state index contributed by atoms with van der Waals surface area (Å²) in [4.78, 5) is 13.6. The number of benzene rings is 2. The molecule has 0 spiro atoms. The molecule has 0 atom stereocenters. The number of nitrogens with two attached hydrogens (primary N) is 1. The van der Waals surface area contributed by atoms with Crippen LogP contribution in [0.4, 0.5) is 5.69 Å². The quantitative estimate of drug-likeness (QED) is 0.569. The van der Waals surface area contributed by atoms with Gasteiger partial charge in [0.1, 0.15) is 5.52 Å². The predicted octanol–water partition coefficient (Wildman–Crippen LogP) is 3.94. The molecule has 2 aromatic heterocycles. The number of anilines is 1. The van der Waals surface area contributed by atoms with Crippen LogP contribution in [0.25, 0.3) is 33.5 Å². The van der Waals surface area contributed by atoms with Gasteiger partial charge in [-0.2, -0.15) is 0 Å². The van der Waals surface area contributed by atoms with E-state index in [1.54, 1.807) is 12.4 Å². The molecule has 0 aliphatic carbocycles. The van der Waals surface area contributed by atoms with Crippen LogP contribution in [0.5, 0.6) is 0 Å². The lowest BCUT2D eigenvalue weighted by molar-refractivity contribution is 1.23. The van der Waals surface area contributed by atoms with Crippen LogP contribution in [0.15, 0.2) is 73.1 Å². The second-order valence-corrected chi connectivity index (χ2v) is 5.31. The molecule has 110 valence electrons. The standard InChI is InChI=1S/C19H14N4/c20-16-8-4-7-14(9-16)15-10-17-19(22-11-15)23-18(12-21-17)13-5-2-1-3-6-13/h1-12H,20H2. The zero-order valence-electron chi connectivity index (χ0n) is 12.3. The third-order valence-corrected chi connectivity index (χ3v) is 3.69. The number of hydrogen-bond donors (Lipinski definition) is 1. The molecular formula is C19H14N4. The summed E-state index contributed by atoms with van der Waals surface area (Å²) in [5.74, 6) is 0. The summed E-state index contributed by atoms with van der Waals surface area (Å²) in [6.07, 6.45) is 3.59. The second-order valence-electron chi connectivity index (χ2n) is 5.31. The lowest BCUT2D eigenvalue weighted by Gasteiger charge is -2.05. The number of rotatable bonds is 2. The van der Waals surface area contributed by atoms with E-state index in [1.807, 2.05) is 60.7 Å². The van der Waals surface area contributed by atoms with Crippen molar-refractivity contribution >= 4 is 16.9 Å². The molecule has 2 heterocycles. The summed E-state index contributed by atoms with van der Waals surface area (Å²) < 4.78 is 0. The largest absolute Gasteiger partial charge is 0.399 e. The van der Waals surface area contributed by atoms with Crippen molar-refractivity contribution in [3.05, 3.63) is 73.1 Å². The van der Waals surface area contributed by atoms with Crippen molar-refractivity contribution in [3.63, 3.8) is 0 Å². The first-order valence-corrected chi connectivity index (χ1v) is 7.34. The van der Waals surface area contributed by atoms with Gasteiger partial charge in [0, 0.05) is 23.0 Å². The Morgan fingerprint density at radius 2 is 1.52 bits per heavy atom. The molecule has 0 bridgehead atoms. The molecule has 2 aromatic carbocycles. The monoisotopic (exact) mass is 298 g/mol. The Balaban J connectivity index is 1.79. The number of aromatic nitrogens is 3. The van der Waals surface area contributed by atoms with Gasteiger partial charge in [-0.1, -0.05) is 42.5 Å². The van der Waals surface area contributed by atoms with Crippen LogP contribution in [-0.2, 0) is 0 Å². The maximum absolute atomic E-state index is 5.84. The fourth-order valence-electron chi connectivity index (χ4n) is 2.52. The van der Waals surface area contributed by atoms with Gasteiger partial charge in [-0.3, -0.25) is 4.98 Å². The van der Waals surface area contributed by atoms with E-state index in [0.29, 0.717) is 5.65 Å². The lowest BCUT2D eigenvalue weighted by atomic mass is 10.1. The SMILES string of the molecule is Nc1cccc(-c2cnc3nc(-c4ccccc4)cnc3c2)c1. The van der Waals surface area contributed by atoms with Crippen molar-refractivity contribution in [2.45, 2.75) is 0 Å². The van der Waals surface area contributed by atoms with E-state index < -0.39 is 0 Å². The highest BCUT2D eigenvalue weighted by atomic mass is 14.9.